The van der Waals surface area contributed by atoms with Crippen molar-refractivity contribution in [1.29, 1.82) is 0 Å². The van der Waals surface area contributed by atoms with Crippen molar-refractivity contribution >= 4 is 17.2 Å². The Balaban J connectivity index is 1.72. The minimum Gasteiger partial charge on any atom is -0.463 e. The first-order chi connectivity index (χ1) is 11.0. The zero-order chi connectivity index (χ0) is 16.4. The normalized spacial score (nSPS) is 13.7. The van der Waals surface area contributed by atoms with Gasteiger partial charge in [-0.05, 0) is 37.4 Å². The molecule has 3 heterocycles. The summed E-state index contributed by atoms with van der Waals surface area (Å²) in [7, 11) is 0. The number of aliphatic hydroxyl groups is 1. The quantitative estimate of drug-likeness (QED) is 0.750. The van der Waals surface area contributed by atoms with Crippen LogP contribution in [0.4, 0.5) is 0 Å². The van der Waals surface area contributed by atoms with Crippen LogP contribution in [-0.2, 0) is 5.60 Å². The maximum Gasteiger partial charge on any atom is 0.274 e. The van der Waals surface area contributed by atoms with Gasteiger partial charge in [-0.15, -0.1) is 11.3 Å². The Bertz CT molecular complexity index is 802. The van der Waals surface area contributed by atoms with Crippen LogP contribution in [0.5, 0.6) is 0 Å². The maximum atomic E-state index is 12.3. The second-order valence-corrected chi connectivity index (χ2v) is 6.32. The molecule has 0 bridgehead atoms. The van der Waals surface area contributed by atoms with Crippen molar-refractivity contribution in [3.05, 3.63) is 53.3 Å². The standard InChI is InChI=1S/C16H16N2O4S/c1-10-5-6-12(22-10)16(2,20)8-17-15(19)13-14(21-9-18-13)11-4-3-7-23-11/h3-7,9,20H,8H2,1-2H3,(H,17,19). The summed E-state index contributed by atoms with van der Waals surface area (Å²) in [5, 5.41) is 15.0. The van der Waals surface area contributed by atoms with Gasteiger partial charge < -0.3 is 19.3 Å². The highest BCUT2D eigenvalue weighted by atomic mass is 32.1. The molecular weight excluding hydrogens is 316 g/mol. The Morgan fingerprint density at radius 2 is 2.26 bits per heavy atom. The molecule has 3 aromatic rings. The van der Waals surface area contributed by atoms with Gasteiger partial charge in [0.15, 0.2) is 17.8 Å². The third-order valence-electron chi connectivity index (χ3n) is 3.39. The number of aryl methyl sites for hydroxylation is 1. The second-order valence-electron chi connectivity index (χ2n) is 5.37. The number of carbonyl (C=O) groups is 1. The highest BCUT2D eigenvalue weighted by Gasteiger charge is 2.29. The molecule has 1 unspecified atom stereocenters. The first-order valence-corrected chi connectivity index (χ1v) is 7.90. The van der Waals surface area contributed by atoms with Crippen LogP contribution >= 0.6 is 11.3 Å². The molecule has 0 saturated carbocycles. The van der Waals surface area contributed by atoms with Gasteiger partial charge in [0.05, 0.1) is 11.4 Å². The molecule has 1 atom stereocenters. The SMILES string of the molecule is Cc1ccc(C(C)(O)CNC(=O)c2ncoc2-c2cccs2)o1. The van der Waals surface area contributed by atoms with E-state index >= 15 is 0 Å². The first kappa shape index (κ1) is 15.5. The van der Waals surface area contributed by atoms with Crippen molar-refractivity contribution in [2.24, 2.45) is 0 Å². The van der Waals surface area contributed by atoms with Gasteiger partial charge in [0.25, 0.3) is 5.91 Å². The number of carbonyl (C=O) groups excluding carboxylic acids is 1. The number of aromatic nitrogens is 1. The van der Waals surface area contributed by atoms with Crippen molar-refractivity contribution in [1.82, 2.24) is 10.3 Å². The molecular formula is C16H16N2O4S. The highest BCUT2D eigenvalue weighted by Crippen LogP contribution is 2.28. The highest BCUT2D eigenvalue weighted by molar-refractivity contribution is 7.13. The summed E-state index contributed by atoms with van der Waals surface area (Å²) in [5.41, 5.74) is -1.12. The number of oxazole rings is 1. The molecule has 0 saturated heterocycles. The van der Waals surface area contributed by atoms with Crippen LogP contribution in [-0.4, -0.2) is 22.5 Å². The predicted octanol–water partition coefficient (Wildman–Crippen LogP) is 2.94. The third kappa shape index (κ3) is 3.20. The van der Waals surface area contributed by atoms with E-state index in [4.69, 9.17) is 8.83 Å². The molecule has 3 rings (SSSR count). The second kappa shape index (κ2) is 6.02. The molecule has 0 spiro atoms. The van der Waals surface area contributed by atoms with E-state index < -0.39 is 11.5 Å². The summed E-state index contributed by atoms with van der Waals surface area (Å²) in [6.45, 7) is 3.37. The third-order valence-corrected chi connectivity index (χ3v) is 4.26. The Hall–Kier alpha value is -2.38. The largest absolute Gasteiger partial charge is 0.463 e. The number of nitrogens with zero attached hydrogens (tertiary/aromatic N) is 1. The van der Waals surface area contributed by atoms with Crippen molar-refractivity contribution in [3.63, 3.8) is 0 Å². The lowest BCUT2D eigenvalue weighted by atomic mass is 10.0. The minimum atomic E-state index is -1.31. The maximum absolute atomic E-state index is 12.3. The molecule has 2 N–H and O–H groups in total. The summed E-state index contributed by atoms with van der Waals surface area (Å²) < 4.78 is 10.7. The molecule has 0 aliphatic heterocycles. The number of amides is 1. The number of nitrogens with one attached hydrogen (secondary N) is 1. The Morgan fingerprint density at radius 1 is 1.43 bits per heavy atom. The monoisotopic (exact) mass is 332 g/mol. The smallest absolute Gasteiger partial charge is 0.274 e. The van der Waals surface area contributed by atoms with Gasteiger partial charge in [-0.2, -0.15) is 0 Å². The lowest BCUT2D eigenvalue weighted by Gasteiger charge is -2.21. The summed E-state index contributed by atoms with van der Waals surface area (Å²) in [4.78, 5) is 17.1. The van der Waals surface area contributed by atoms with Crippen molar-refractivity contribution in [3.8, 4) is 10.6 Å². The summed E-state index contributed by atoms with van der Waals surface area (Å²) >= 11 is 1.46. The van der Waals surface area contributed by atoms with Gasteiger partial charge in [-0.25, -0.2) is 4.98 Å². The van der Waals surface area contributed by atoms with Crippen LogP contribution < -0.4 is 5.32 Å². The minimum absolute atomic E-state index is 0.00444. The van der Waals surface area contributed by atoms with E-state index in [1.54, 1.807) is 26.0 Å². The summed E-state index contributed by atoms with van der Waals surface area (Å²) in [6.07, 6.45) is 1.23. The van der Waals surface area contributed by atoms with Crippen LogP contribution in [0, 0.1) is 6.92 Å². The Morgan fingerprint density at radius 3 is 2.91 bits per heavy atom. The predicted molar refractivity (Wildman–Crippen MR) is 85.2 cm³/mol. The van der Waals surface area contributed by atoms with Crippen LogP contribution in [0.2, 0.25) is 0 Å². The van der Waals surface area contributed by atoms with Crippen molar-refractivity contribution in [2.75, 3.05) is 6.54 Å². The molecule has 7 heteroatoms. The van der Waals surface area contributed by atoms with Gasteiger partial charge in [0.1, 0.15) is 17.1 Å². The van der Waals surface area contributed by atoms with Crippen molar-refractivity contribution in [2.45, 2.75) is 19.4 Å². The van der Waals surface area contributed by atoms with Gasteiger partial charge in [0, 0.05) is 0 Å². The summed E-state index contributed by atoms with van der Waals surface area (Å²) in [6, 6.07) is 7.17. The number of rotatable bonds is 5. The number of hydrogen-bond donors (Lipinski definition) is 2. The average Bonchev–Trinajstić information content (AvgIpc) is 3.24. The molecule has 0 aliphatic rings. The van der Waals surface area contributed by atoms with Crippen molar-refractivity contribution < 1.29 is 18.7 Å². The van der Waals surface area contributed by atoms with E-state index in [9.17, 15) is 9.90 Å². The number of thiophene rings is 1. The fourth-order valence-electron chi connectivity index (χ4n) is 2.14. The topological polar surface area (TPSA) is 88.5 Å². The Kier molecular flexibility index (Phi) is 4.06. The molecule has 6 nitrogen and oxygen atoms in total. The zero-order valence-corrected chi connectivity index (χ0v) is 13.5. The lowest BCUT2D eigenvalue weighted by molar-refractivity contribution is 0.0322. The van der Waals surface area contributed by atoms with Gasteiger partial charge in [-0.3, -0.25) is 4.79 Å². The fourth-order valence-corrected chi connectivity index (χ4v) is 2.85. The lowest BCUT2D eigenvalue weighted by Crippen LogP contribution is -2.38. The van der Waals surface area contributed by atoms with E-state index in [0.717, 1.165) is 4.88 Å². The van der Waals surface area contributed by atoms with Crippen LogP contribution in [0.15, 0.2) is 44.9 Å². The molecule has 0 aromatic carbocycles. The van der Waals surface area contributed by atoms with Gasteiger partial charge in [0.2, 0.25) is 0 Å². The van der Waals surface area contributed by atoms with Gasteiger partial charge in [-0.1, -0.05) is 6.07 Å². The van der Waals surface area contributed by atoms with E-state index in [0.29, 0.717) is 17.3 Å². The molecule has 0 fully saturated rings. The van der Waals surface area contributed by atoms with E-state index in [1.807, 2.05) is 17.5 Å². The van der Waals surface area contributed by atoms with Crippen LogP contribution in [0.25, 0.3) is 10.6 Å². The summed E-state index contributed by atoms with van der Waals surface area (Å²) in [5.74, 6) is 1.11. The zero-order valence-electron chi connectivity index (χ0n) is 12.7. The van der Waals surface area contributed by atoms with E-state index in [2.05, 4.69) is 10.3 Å². The number of hydrogen-bond acceptors (Lipinski definition) is 6. The molecule has 120 valence electrons. The fraction of sp³-hybridized carbons (Fsp3) is 0.250. The first-order valence-electron chi connectivity index (χ1n) is 7.02. The van der Waals surface area contributed by atoms with E-state index in [-0.39, 0.29) is 12.2 Å². The molecule has 1 amide bonds. The average molecular weight is 332 g/mol. The van der Waals surface area contributed by atoms with Crippen LogP contribution in [0.3, 0.4) is 0 Å². The molecule has 0 radical (unpaired) electrons. The molecule has 23 heavy (non-hydrogen) atoms. The van der Waals surface area contributed by atoms with Gasteiger partial charge >= 0.3 is 0 Å². The van der Waals surface area contributed by atoms with E-state index in [1.165, 1.54) is 17.7 Å². The molecule has 0 aliphatic carbocycles. The van der Waals surface area contributed by atoms with Crippen LogP contribution in [0.1, 0.15) is 28.9 Å². The number of furan rings is 1. The Labute approximate surface area is 136 Å². The molecule has 3 aromatic heterocycles.